The smallest absolute Gasteiger partial charge is 0.273 e. The number of rotatable bonds is 6. The molecule has 1 heterocycles. The Labute approximate surface area is 129 Å². The highest BCUT2D eigenvalue weighted by Gasteiger charge is 2.20. The van der Waals surface area contributed by atoms with Crippen molar-refractivity contribution in [1.82, 2.24) is 14.9 Å². The highest BCUT2D eigenvalue weighted by Crippen LogP contribution is 2.21. The van der Waals surface area contributed by atoms with Crippen molar-refractivity contribution in [2.45, 2.75) is 11.8 Å². The van der Waals surface area contributed by atoms with E-state index >= 15 is 0 Å². The van der Waals surface area contributed by atoms with E-state index in [1.165, 1.54) is 12.1 Å². The van der Waals surface area contributed by atoms with Gasteiger partial charge < -0.3 is 5.32 Å². The first kappa shape index (κ1) is 16.8. The largest absolute Gasteiger partial charge is 0.314 e. The van der Waals surface area contributed by atoms with Gasteiger partial charge in [-0.2, -0.15) is 0 Å². The zero-order valence-corrected chi connectivity index (χ0v) is 13.2. The molecular weight excluding hydrogens is 308 g/mol. The lowest BCUT2D eigenvalue weighted by atomic mass is 10.2. The molecule has 0 bridgehead atoms. The number of piperazine rings is 1. The number of hydrogen-bond donors (Lipinski definition) is 2. The molecule has 2 rings (SSSR count). The van der Waals surface area contributed by atoms with Crippen molar-refractivity contribution in [2.75, 3.05) is 39.3 Å². The lowest BCUT2D eigenvalue weighted by molar-refractivity contribution is -0.385. The van der Waals surface area contributed by atoms with E-state index in [1.807, 2.05) is 0 Å². The van der Waals surface area contributed by atoms with Crippen LogP contribution in [-0.4, -0.2) is 57.5 Å². The topological polar surface area (TPSA) is 105 Å². The molecule has 1 aliphatic heterocycles. The number of nitrogens with zero attached hydrogens (tertiary/aromatic N) is 2. The quantitative estimate of drug-likeness (QED) is 0.566. The molecule has 8 nitrogen and oxygen atoms in total. The lowest BCUT2D eigenvalue weighted by Crippen LogP contribution is -2.46. The Morgan fingerprint density at radius 3 is 2.68 bits per heavy atom. The summed E-state index contributed by atoms with van der Waals surface area (Å²) in [6.07, 6.45) is 0. The van der Waals surface area contributed by atoms with Crippen LogP contribution < -0.4 is 10.0 Å². The van der Waals surface area contributed by atoms with Gasteiger partial charge in [0.2, 0.25) is 10.0 Å². The number of benzene rings is 1. The van der Waals surface area contributed by atoms with Gasteiger partial charge in [0.1, 0.15) is 0 Å². The minimum absolute atomic E-state index is 0.0786. The van der Waals surface area contributed by atoms with Gasteiger partial charge in [0, 0.05) is 50.9 Å². The van der Waals surface area contributed by atoms with Gasteiger partial charge in [-0.1, -0.05) is 6.07 Å². The van der Waals surface area contributed by atoms with Gasteiger partial charge in [-0.25, -0.2) is 13.1 Å². The maximum Gasteiger partial charge on any atom is 0.273 e. The van der Waals surface area contributed by atoms with E-state index < -0.39 is 14.9 Å². The van der Waals surface area contributed by atoms with Crippen LogP contribution in [0.15, 0.2) is 23.1 Å². The normalized spacial score (nSPS) is 16.6. The first-order chi connectivity index (χ1) is 10.4. The Bertz CT molecular complexity index is 641. The molecular formula is C13H20N4O4S. The van der Waals surface area contributed by atoms with E-state index in [4.69, 9.17) is 0 Å². The maximum atomic E-state index is 12.2. The molecule has 1 aromatic rings. The second-order valence-corrected chi connectivity index (χ2v) is 6.96. The Balaban J connectivity index is 2.00. The summed E-state index contributed by atoms with van der Waals surface area (Å²) in [7, 11) is -3.73. The summed E-state index contributed by atoms with van der Waals surface area (Å²) in [6.45, 7) is 6.05. The minimum atomic E-state index is -3.73. The average Bonchev–Trinajstić information content (AvgIpc) is 2.48. The minimum Gasteiger partial charge on any atom is -0.314 e. The second-order valence-electron chi connectivity index (χ2n) is 5.19. The first-order valence-electron chi connectivity index (χ1n) is 7.08. The van der Waals surface area contributed by atoms with Gasteiger partial charge in [-0.3, -0.25) is 15.0 Å². The molecule has 0 aliphatic carbocycles. The molecule has 0 radical (unpaired) electrons. The van der Waals surface area contributed by atoms with Crippen LogP contribution in [0.1, 0.15) is 5.56 Å². The molecule has 122 valence electrons. The predicted molar refractivity (Wildman–Crippen MR) is 82.3 cm³/mol. The van der Waals surface area contributed by atoms with Crippen molar-refractivity contribution >= 4 is 15.7 Å². The van der Waals surface area contributed by atoms with Crippen LogP contribution in [0.4, 0.5) is 5.69 Å². The highest BCUT2D eigenvalue weighted by atomic mass is 32.2. The highest BCUT2D eigenvalue weighted by molar-refractivity contribution is 7.89. The summed E-state index contributed by atoms with van der Waals surface area (Å²) in [5.41, 5.74) is 0.245. The molecule has 0 aromatic heterocycles. The third-order valence-corrected chi connectivity index (χ3v) is 5.08. The Morgan fingerprint density at radius 1 is 1.36 bits per heavy atom. The SMILES string of the molecule is Cc1ccc(S(=O)(=O)NCCN2CCNCC2)cc1[N+](=O)[O-]. The third-order valence-electron chi connectivity index (χ3n) is 3.62. The number of aryl methyl sites for hydroxylation is 1. The fraction of sp³-hybridized carbons (Fsp3) is 0.538. The van der Waals surface area contributed by atoms with Crippen molar-refractivity contribution in [1.29, 1.82) is 0 Å². The molecule has 0 unspecified atom stereocenters. The summed E-state index contributed by atoms with van der Waals surface area (Å²) >= 11 is 0. The monoisotopic (exact) mass is 328 g/mol. The molecule has 0 amide bonds. The van der Waals surface area contributed by atoms with E-state index in [-0.39, 0.29) is 17.1 Å². The van der Waals surface area contributed by atoms with E-state index in [1.54, 1.807) is 6.92 Å². The van der Waals surface area contributed by atoms with Crippen LogP contribution in [0.5, 0.6) is 0 Å². The molecule has 1 saturated heterocycles. The lowest BCUT2D eigenvalue weighted by Gasteiger charge is -2.27. The van der Waals surface area contributed by atoms with Crippen molar-refractivity contribution in [3.63, 3.8) is 0 Å². The van der Waals surface area contributed by atoms with Crippen LogP contribution in [0, 0.1) is 17.0 Å². The molecule has 0 saturated carbocycles. The second kappa shape index (κ2) is 7.14. The Hall–Kier alpha value is -1.55. The fourth-order valence-corrected chi connectivity index (χ4v) is 3.35. The zero-order chi connectivity index (χ0) is 16.2. The van der Waals surface area contributed by atoms with Gasteiger partial charge in [-0.15, -0.1) is 0 Å². The summed E-state index contributed by atoms with van der Waals surface area (Å²) in [4.78, 5) is 12.4. The van der Waals surface area contributed by atoms with E-state index in [9.17, 15) is 18.5 Å². The number of nitro groups is 1. The number of nitrogens with one attached hydrogen (secondary N) is 2. The molecule has 22 heavy (non-hydrogen) atoms. The summed E-state index contributed by atoms with van der Waals surface area (Å²) in [5, 5.41) is 14.1. The van der Waals surface area contributed by atoms with Crippen molar-refractivity contribution < 1.29 is 13.3 Å². The van der Waals surface area contributed by atoms with Crippen LogP contribution >= 0.6 is 0 Å². The van der Waals surface area contributed by atoms with Crippen molar-refractivity contribution in [2.24, 2.45) is 0 Å². The van der Waals surface area contributed by atoms with Crippen LogP contribution in [-0.2, 0) is 10.0 Å². The molecule has 0 spiro atoms. The van der Waals surface area contributed by atoms with Gasteiger partial charge >= 0.3 is 0 Å². The van der Waals surface area contributed by atoms with Gasteiger partial charge in [0.25, 0.3) is 5.69 Å². The van der Waals surface area contributed by atoms with E-state index in [0.717, 1.165) is 32.2 Å². The molecule has 1 aromatic carbocycles. The summed E-state index contributed by atoms with van der Waals surface area (Å²) in [5.74, 6) is 0. The number of hydrogen-bond acceptors (Lipinski definition) is 6. The summed E-state index contributed by atoms with van der Waals surface area (Å²) in [6, 6.07) is 3.93. The molecule has 0 atom stereocenters. The van der Waals surface area contributed by atoms with Crippen LogP contribution in [0.3, 0.4) is 0 Å². The molecule has 1 aliphatic rings. The van der Waals surface area contributed by atoms with Crippen molar-refractivity contribution in [3.8, 4) is 0 Å². The fourth-order valence-electron chi connectivity index (χ4n) is 2.31. The van der Waals surface area contributed by atoms with Gasteiger partial charge in [-0.05, 0) is 13.0 Å². The molecule has 9 heteroatoms. The predicted octanol–water partition coefficient (Wildman–Crippen LogP) is 0.0867. The third kappa shape index (κ3) is 4.23. The maximum absolute atomic E-state index is 12.2. The van der Waals surface area contributed by atoms with E-state index in [0.29, 0.717) is 12.1 Å². The van der Waals surface area contributed by atoms with Crippen LogP contribution in [0.25, 0.3) is 0 Å². The molecule has 1 fully saturated rings. The number of nitro benzene ring substituents is 1. The Morgan fingerprint density at radius 2 is 2.05 bits per heavy atom. The average molecular weight is 328 g/mol. The standard InChI is InChI=1S/C13H20N4O4S/c1-11-2-3-12(10-13(11)17(18)19)22(20,21)15-6-9-16-7-4-14-5-8-16/h2-3,10,14-15H,4-9H2,1H3. The number of sulfonamides is 1. The zero-order valence-electron chi connectivity index (χ0n) is 12.4. The summed E-state index contributed by atoms with van der Waals surface area (Å²) < 4.78 is 26.9. The Kier molecular flexibility index (Phi) is 5.46. The van der Waals surface area contributed by atoms with Gasteiger partial charge in [0.15, 0.2) is 0 Å². The van der Waals surface area contributed by atoms with Crippen LogP contribution in [0.2, 0.25) is 0 Å². The van der Waals surface area contributed by atoms with Gasteiger partial charge in [0.05, 0.1) is 9.82 Å². The molecule has 2 N–H and O–H groups in total. The van der Waals surface area contributed by atoms with E-state index in [2.05, 4.69) is 14.9 Å². The van der Waals surface area contributed by atoms with Crippen molar-refractivity contribution in [3.05, 3.63) is 33.9 Å². The first-order valence-corrected chi connectivity index (χ1v) is 8.56.